The van der Waals surface area contributed by atoms with Crippen molar-refractivity contribution in [3.63, 3.8) is 0 Å². The SMILES string of the molecule is NNc1ccc([N+](=O)[O-])cc1CN1CCC(C(N)=O)CC1. The summed E-state index contributed by atoms with van der Waals surface area (Å²) >= 11 is 0. The van der Waals surface area contributed by atoms with E-state index in [1.807, 2.05) is 0 Å². The zero-order valence-electron chi connectivity index (χ0n) is 11.6. The van der Waals surface area contributed by atoms with E-state index >= 15 is 0 Å². The molecule has 8 nitrogen and oxygen atoms in total. The van der Waals surface area contributed by atoms with Gasteiger partial charge in [0.15, 0.2) is 0 Å². The van der Waals surface area contributed by atoms with E-state index in [1.54, 1.807) is 6.07 Å². The highest BCUT2D eigenvalue weighted by Crippen LogP contribution is 2.25. The number of hydrazine groups is 1. The number of nitro benzene ring substituents is 1. The summed E-state index contributed by atoms with van der Waals surface area (Å²) in [6.07, 6.45) is 1.44. The van der Waals surface area contributed by atoms with E-state index in [0.29, 0.717) is 12.2 Å². The van der Waals surface area contributed by atoms with Gasteiger partial charge in [0.2, 0.25) is 5.91 Å². The van der Waals surface area contributed by atoms with Crippen molar-refractivity contribution in [3.8, 4) is 0 Å². The number of nitro groups is 1. The van der Waals surface area contributed by atoms with E-state index < -0.39 is 4.92 Å². The number of nitrogen functional groups attached to an aromatic ring is 1. The van der Waals surface area contributed by atoms with Gasteiger partial charge in [-0.2, -0.15) is 0 Å². The quantitative estimate of drug-likeness (QED) is 0.414. The number of amides is 1. The highest BCUT2D eigenvalue weighted by molar-refractivity contribution is 5.76. The number of anilines is 1. The molecule has 2 rings (SSSR count). The monoisotopic (exact) mass is 293 g/mol. The summed E-state index contributed by atoms with van der Waals surface area (Å²) < 4.78 is 0. The van der Waals surface area contributed by atoms with E-state index in [4.69, 9.17) is 11.6 Å². The van der Waals surface area contributed by atoms with Crippen molar-refractivity contribution in [2.45, 2.75) is 19.4 Å². The summed E-state index contributed by atoms with van der Waals surface area (Å²) in [4.78, 5) is 23.7. The maximum Gasteiger partial charge on any atom is 0.269 e. The highest BCUT2D eigenvalue weighted by atomic mass is 16.6. The van der Waals surface area contributed by atoms with Crippen LogP contribution >= 0.6 is 0 Å². The summed E-state index contributed by atoms with van der Waals surface area (Å²) in [5.74, 6) is 5.12. The second kappa shape index (κ2) is 6.51. The van der Waals surface area contributed by atoms with Crippen molar-refractivity contribution >= 4 is 17.3 Å². The van der Waals surface area contributed by atoms with Gasteiger partial charge in [-0.3, -0.25) is 25.7 Å². The maximum atomic E-state index is 11.1. The molecule has 0 bridgehead atoms. The normalized spacial score (nSPS) is 16.6. The molecule has 8 heteroatoms. The van der Waals surface area contributed by atoms with Gasteiger partial charge in [0.05, 0.1) is 10.6 Å². The van der Waals surface area contributed by atoms with Crippen LogP contribution < -0.4 is 17.0 Å². The Bertz CT molecular complexity index is 541. The van der Waals surface area contributed by atoms with Crippen LogP contribution in [0, 0.1) is 16.0 Å². The number of benzene rings is 1. The van der Waals surface area contributed by atoms with Crippen LogP contribution in [0.4, 0.5) is 11.4 Å². The van der Waals surface area contributed by atoms with Crippen LogP contribution in [0.1, 0.15) is 18.4 Å². The number of non-ortho nitro benzene ring substituents is 1. The van der Waals surface area contributed by atoms with Gasteiger partial charge < -0.3 is 11.2 Å². The molecule has 21 heavy (non-hydrogen) atoms. The van der Waals surface area contributed by atoms with Gasteiger partial charge in [-0.25, -0.2) is 0 Å². The Morgan fingerprint density at radius 3 is 2.62 bits per heavy atom. The molecule has 1 amide bonds. The number of nitrogens with one attached hydrogen (secondary N) is 1. The lowest BCUT2D eigenvalue weighted by Crippen LogP contribution is -2.38. The first kappa shape index (κ1) is 15.2. The predicted octanol–water partition coefficient (Wildman–Crippen LogP) is 0.578. The third-order valence-corrected chi connectivity index (χ3v) is 3.84. The fourth-order valence-corrected chi connectivity index (χ4v) is 2.58. The Morgan fingerprint density at radius 2 is 2.10 bits per heavy atom. The molecular formula is C13H19N5O3. The molecule has 1 saturated heterocycles. The number of nitrogens with two attached hydrogens (primary N) is 2. The molecule has 114 valence electrons. The number of carbonyl (C=O) groups is 1. The molecule has 1 heterocycles. The first-order valence-electron chi connectivity index (χ1n) is 6.77. The van der Waals surface area contributed by atoms with E-state index in [0.717, 1.165) is 31.5 Å². The van der Waals surface area contributed by atoms with Crippen LogP contribution in [0.5, 0.6) is 0 Å². The molecule has 1 aromatic rings. The molecule has 0 saturated carbocycles. The summed E-state index contributed by atoms with van der Waals surface area (Å²) in [5, 5.41) is 10.9. The minimum Gasteiger partial charge on any atom is -0.369 e. The molecule has 0 aliphatic carbocycles. The fraction of sp³-hybridized carbons (Fsp3) is 0.462. The third-order valence-electron chi connectivity index (χ3n) is 3.84. The average Bonchev–Trinajstić information content (AvgIpc) is 2.47. The molecule has 1 aromatic carbocycles. The molecular weight excluding hydrogens is 274 g/mol. The van der Waals surface area contributed by atoms with Gasteiger partial charge in [0.1, 0.15) is 0 Å². The van der Waals surface area contributed by atoms with Gasteiger partial charge in [-0.1, -0.05) is 0 Å². The van der Waals surface area contributed by atoms with Crippen molar-refractivity contribution < 1.29 is 9.72 Å². The van der Waals surface area contributed by atoms with Crippen molar-refractivity contribution in [2.75, 3.05) is 18.5 Å². The van der Waals surface area contributed by atoms with Gasteiger partial charge in [-0.15, -0.1) is 0 Å². The second-order valence-corrected chi connectivity index (χ2v) is 5.20. The maximum absolute atomic E-state index is 11.1. The smallest absolute Gasteiger partial charge is 0.269 e. The zero-order chi connectivity index (χ0) is 15.4. The largest absolute Gasteiger partial charge is 0.369 e. The lowest BCUT2D eigenvalue weighted by Gasteiger charge is -2.30. The molecule has 0 radical (unpaired) electrons. The van der Waals surface area contributed by atoms with Crippen molar-refractivity contribution in [1.82, 2.24) is 4.90 Å². The zero-order valence-corrected chi connectivity index (χ0v) is 11.6. The number of carbonyl (C=O) groups excluding carboxylic acids is 1. The second-order valence-electron chi connectivity index (χ2n) is 5.20. The third kappa shape index (κ3) is 3.67. The number of hydrogen-bond donors (Lipinski definition) is 3. The Morgan fingerprint density at radius 1 is 1.43 bits per heavy atom. The van der Waals surface area contributed by atoms with Gasteiger partial charge in [0, 0.05) is 24.6 Å². The Hall–Kier alpha value is -2.19. The van der Waals surface area contributed by atoms with Crippen LogP contribution in [-0.2, 0) is 11.3 Å². The molecule has 5 N–H and O–H groups in total. The summed E-state index contributed by atoms with van der Waals surface area (Å²) in [6, 6.07) is 4.54. The first-order valence-corrected chi connectivity index (χ1v) is 6.77. The molecule has 0 aromatic heterocycles. The minimum atomic E-state index is -0.427. The number of rotatable bonds is 5. The predicted molar refractivity (Wildman–Crippen MR) is 78.1 cm³/mol. The number of piperidine rings is 1. The molecule has 1 aliphatic rings. The standard InChI is InChI=1S/C13H19N5O3/c14-13(19)9-3-5-17(6-4-9)8-10-7-11(18(20)21)1-2-12(10)16-15/h1-2,7,9,16H,3-6,8,15H2,(H2,14,19). The lowest BCUT2D eigenvalue weighted by atomic mass is 9.96. The number of hydrogen-bond acceptors (Lipinski definition) is 6. The van der Waals surface area contributed by atoms with Crippen LogP contribution in [-0.4, -0.2) is 28.8 Å². The minimum absolute atomic E-state index is 0.0380. The topological polar surface area (TPSA) is 128 Å². The average molecular weight is 293 g/mol. The van der Waals surface area contributed by atoms with E-state index in [2.05, 4.69) is 10.3 Å². The van der Waals surface area contributed by atoms with E-state index in [9.17, 15) is 14.9 Å². The van der Waals surface area contributed by atoms with Crippen molar-refractivity contribution in [3.05, 3.63) is 33.9 Å². The van der Waals surface area contributed by atoms with E-state index in [-0.39, 0.29) is 17.5 Å². The number of likely N-dealkylation sites (tertiary alicyclic amines) is 1. The first-order chi connectivity index (χ1) is 10.0. The van der Waals surface area contributed by atoms with Gasteiger partial charge in [-0.05, 0) is 37.6 Å². The van der Waals surface area contributed by atoms with Crippen LogP contribution in [0.2, 0.25) is 0 Å². The van der Waals surface area contributed by atoms with Crippen LogP contribution in [0.3, 0.4) is 0 Å². The van der Waals surface area contributed by atoms with Crippen LogP contribution in [0.25, 0.3) is 0 Å². The molecule has 1 fully saturated rings. The molecule has 1 aliphatic heterocycles. The Balaban J connectivity index is 2.07. The molecule has 0 spiro atoms. The Labute approximate surface area is 122 Å². The highest BCUT2D eigenvalue weighted by Gasteiger charge is 2.23. The van der Waals surface area contributed by atoms with Crippen LogP contribution in [0.15, 0.2) is 18.2 Å². The fourth-order valence-electron chi connectivity index (χ4n) is 2.58. The Kier molecular flexibility index (Phi) is 4.71. The van der Waals surface area contributed by atoms with Gasteiger partial charge >= 0.3 is 0 Å². The van der Waals surface area contributed by atoms with Crippen molar-refractivity contribution in [1.29, 1.82) is 0 Å². The number of primary amides is 1. The summed E-state index contributed by atoms with van der Waals surface area (Å²) in [5.41, 5.74) is 9.33. The number of nitrogens with zero attached hydrogens (tertiary/aromatic N) is 2. The molecule has 0 atom stereocenters. The summed E-state index contributed by atoms with van der Waals surface area (Å²) in [6.45, 7) is 2.02. The summed E-state index contributed by atoms with van der Waals surface area (Å²) in [7, 11) is 0. The lowest BCUT2D eigenvalue weighted by molar-refractivity contribution is -0.384. The van der Waals surface area contributed by atoms with Crippen molar-refractivity contribution in [2.24, 2.45) is 17.5 Å². The van der Waals surface area contributed by atoms with Gasteiger partial charge in [0.25, 0.3) is 5.69 Å². The van der Waals surface area contributed by atoms with E-state index in [1.165, 1.54) is 12.1 Å². The molecule has 0 unspecified atom stereocenters.